The van der Waals surface area contributed by atoms with Crippen LogP contribution in [0.25, 0.3) is 0 Å². The molecule has 24 heavy (non-hydrogen) atoms. The van der Waals surface area contributed by atoms with Crippen LogP contribution in [0.4, 0.5) is 20.6 Å². The molecule has 2 unspecified atom stereocenters. The Morgan fingerprint density at radius 1 is 1.29 bits per heavy atom. The first-order valence-electron chi connectivity index (χ1n) is 8.83. The minimum absolute atomic E-state index is 0.0449. The van der Waals surface area contributed by atoms with Gasteiger partial charge in [-0.15, -0.1) is 0 Å². The van der Waals surface area contributed by atoms with Gasteiger partial charge in [-0.1, -0.05) is 6.92 Å². The Morgan fingerprint density at radius 2 is 2.04 bits per heavy atom. The highest BCUT2D eigenvalue weighted by molar-refractivity contribution is 5.93. The molecule has 2 amide bonds. The predicted octanol–water partition coefficient (Wildman–Crippen LogP) is 3.05. The lowest BCUT2D eigenvalue weighted by molar-refractivity contribution is 0.152. The van der Waals surface area contributed by atoms with Crippen molar-refractivity contribution >= 4 is 17.4 Å². The predicted molar refractivity (Wildman–Crippen MR) is 92.8 cm³/mol. The van der Waals surface area contributed by atoms with Crippen molar-refractivity contribution in [2.45, 2.75) is 38.6 Å². The summed E-state index contributed by atoms with van der Waals surface area (Å²) in [4.78, 5) is 16.5. The molecule has 0 bridgehead atoms. The Kier molecular flexibility index (Phi) is 5.23. The minimum atomic E-state index is -0.362. The second-order valence-corrected chi connectivity index (χ2v) is 6.85. The fourth-order valence-electron chi connectivity index (χ4n) is 3.74. The molecule has 132 valence electrons. The number of halogens is 1. The summed E-state index contributed by atoms with van der Waals surface area (Å²) in [6.45, 7) is 4.46. The molecule has 2 N–H and O–H groups in total. The van der Waals surface area contributed by atoms with Crippen molar-refractivity contribution in [3.63, 3.8) is 0 Å². The third-order valence-corrected chi connectivity index (χ3v) is 5.23. The molecule has 2 heterocycles. The Hall–Kier alpha value is -1.82. The van der Waals surface area contributed by atoms with Gasteiger partial charge in [-0.3, -0.25) is 0 Å². The number of hydrogen-bond donors (Lipinski definition) is 2. The van der Waals surface area contributed by atoms with Crippen LogP contribution in [0.3, 0.4) is 0 Å². The molecule has 2 atom stereocenters. The molecule has 2 aliphatic rings. The monoisotopic (exact) mass is 335 g/mol. The van der Waals surface area contributed by atoms with Gasteiger partial charge in [0.1, 0.15) is 5.82 Å². The van der Waals surface area contributed by atoms with Crippen molar-refractivity contribution in [3.05, 3.63) is 24.0 Å². The Bertz CT molecular complexity index is 590. The van der Waals surface area contributed by atoms with Gasteiger partial charge in [0.15, 0.2) is 0 Å². The van der Waals surface area contributed by atoms with E-state index in [0.29, 0.717) is 12.2 Å². The topological polar surface area (TPSA) is 55.8 Å². The first-order chi connectivity index (χ1) is 11.6. The van der Waals surface area contributed by atoms with Crippen LogP contribution in [0.15, 0.2) is 18.2 Å². The van der Waals surface area contributed by atoms with Crippen molar-refractivity contribution in [2.75, 3.05) is 36.5 Å². The second kappa shape index (κ2) is 7.38. The number of urea groups is 1. The molecule has 0 radical (unpaired) electrons. The standard InChI is InChI=1S/C18H26FN3O2/c1-13-7-10-22(17(13)12-23)18(24)20-15-11-14(19)5-6-16(15)21-8-3-2-4-9-21/h5-6,11,13,17,23H,2-4,7-10,12H2,1H3,(H,20,24). The van der Waals surface area contributed by atoms with E-state index < -0.39 is 0 Å². The first kappa shape index (κ1) is 17.0. The fourth-order valence-corrected chi connectivity index (χ4v) is 3.74. The number of anilines is 2. The number of aliphatic hydroxyl groups excluding tert-OH is 1. The quantitative estimate of drug-likeness (QED) is 0.893. The molecular formula is C18H26FN3O2. The number of likely N-dealkylation sites (tertiary alicyclic amines) is 1. The first-order valence-corrected chi connectivity index (χ1v) is 8.83. The van der Waals surface area contributed by atoms with Crippen molar-refractivity contribution < 1.29 is 14.3 Å². The summed E-state index contributed by atoms with van der Waals surface area (Å²) in [6, 6.07) is 4.13. The van der Waals surface area contributed by atoms with Crippen molar-refractivity contribution in [1.82, 2.24) is 4.90 Å². The van der Waals surface area contributed by atoms with Crippen LogP contribution < -0.4 is 10.2 Å². The van der Waals surface area contributed by atoms with Gasteiger partial charge in [-0.2, -0.15) is 0 Å². The van der Waals surface area contributed by atoms with Gasteiger partial charge in [0.25, 0.3) is 0 Å². The number of carbonyl (C=O) groups excluding carboxylic acids is 1. The number of nitrogens with one attached hydrogen (secondary N) is 1. The number of benzene rings is 1. The number of nitrogens with zero attached hydrogens (tertiary/aromatic N) is 2. The number of amides is 2. The van der Waals surface area contributed by atoms with Crippen LogP contribution >= 0.6 is 0 Å². The molecule has 2 saturated heterocycles. The Morgan fingerprint density at radius 3 is 2.75 bits per heavy atom. The summed E-state index contributed by atoms with van der Waals surface area (Å²) in [6.07, 6.45) is 4.31. The van der Waals surface area contributed by atoms with Crippen LogP contribution in [0.1, 0.15) is 32.6 Å². The van der Waals surface area contributed by atoms with Gasteiger partial charge in [-0.05, 0) is 49.8 Å². The zero-order valence-electron chi connectivity index (χ0n) is 14.2. The van der Waals surface area contributed by atoms with Crippen LogP contribution in [0, 0.1) is 11.7 Å². The molecule has 2 fully saturated rings. The van der Waals surface area contributed by atoms with Gasteiger partial charge in [0.2, 0.25) is 0 Å². The van der Waals surface area contributed by atoms with E-state index in [4.69, 9.17) is 0 Å². The van der Waals surface area contributed by atoms with Crippen molar-refractivity contribution in [2.24, 2.45) is 5.92 Å². The maximum atomic E-state index is 13.7. The number of carbonyl (C=O) groups is 1. The smallest absolute Gasteiger partial charge is 0.322 e. The second-order valence-electron chi connectivity index (χ2n) is 6.85. The largest absolute Gasteiger partial charge is 0.394 e. The zero-order valence-corrected chi connectivity index (χ0v) is 14.2. The third-order valence-electron chi connectivity index (χ3n) is 5.23. The van der Waals surface area contributed by atoms with Gasteiger partial charge >= 0.3 is 6.03 Å². The maximum absolute atomic E-state index is 13.7. The highest BCUT2D eigenvalue weighted by Gasteiger charge is 2.34. The van der Waals surface area contributed by atoms with Gasteiger partial charge in [0, 0.05) is 19.6 Å². The Balaban J connectivity index is 1.78. The lowest BCUT2D eigenvalue weighted by Gasteiger charge is -2.31. The van der Waals surface area contributed by atoms with E-state index in [-0.39, 0.29) is 30.4 Å². The van der Waals surface area contributed by atoms with Gasteiger partial charge < -0.3 is 20.2 Å². The Labute approximate surface area is 142 Å². The van der Waals surface area contributed by atoms with Crippen LogP contribution in [-0.4, -0.2) is 48.3 Å². The summed E-state index contributed by atoms with van der Waals surface area (Å²) in [7, 11) is 0. The summed E-state index contributed by atoms with van der Waals surface area (Å²) >= 11 is 0. The van der Waals surface area contributed by atoms with Crippen molar-refractivity contribution in [3.8, 4) is 0 Å². The number of hydrogen-bond acceptors (Lipinski definition) is 3. The SMILES string of the molecule is CC1CCN(C(=O)Nc2cc(F)ccc2N2CCCCC2)C1CO. The molecule has 0 saturated carbocycles. The van der Waals surface area contributed by atoms with Gasteiger partial charge in [-0.25, -0.2) is 9.18 Å². The third kappa shape index (κ3) is 3.48. The average molecular weight is 335 g/mol. The van der Waals surface area contributed by atoms with E-state index in [9.17, 15) is 14.3 Å². The molecule has 0 spiro atoms. The van der Waals surface area contributed by atoms with E-state index in [0.717, 1.165) is 38.0 Å². The minimum Gasteiger partial charge on any atom is -0.394 e. The van der Waals surface area contributed by atoms with Crippen molar-refractivity contribution in [1.29, 1.82) is 0 Å². The van der Waals surface area contributed by atoms with Crippen LogP contribution in [0.2, 0.25) is 0 Å². The maximum Gasteiger partial charge on any atom is 0.322 e. The normalized spacial score (nSPS) is 24.3. The van der Waals surface area contributed by atoms with E-state index >= 15 is 0 Å². The zero-order chi connectivity index (χ0) is 17.1. The molecule has 5 nitrogen and oxygen atoms in total. The number of piperidine rings is 1. The molecule has 2 aliphatic heterocycles. The molecule has 1 aromatic carbocycles. The van der Waals surface area contributed by atoms with E-state index in [2.05, 4.69) is 10.2 Å². The summed E-state index contributed by atoms with van der Waals surface area (Å²) in [5.74, 6) is -0.0885. The summed E-state index contributed by atoms with van der Waals surface area (Å²) in [5.41, 5.74) is 1.38. The number of aliphatic hydroxyl groups is 1. The highest BCUT2D eigenvalue weighted by Crippen LogP contribution is 2.31. The highest BCUT2D eigenvalue weighted by atomic mass is 19.1. The number of rotatable bonds is 3. The van der Waals surface area contributed by atoms with E-state index in [1.54, 1.807) is 11.0 Å². The lowest BCUT2D eigenvalue weighted by Crippen LogP contribution is -2.42. The van der Waals surface area contributed by atoms with Gasteiger partial charge in [0.05, 0.1) is 24.0 Å². The van der Waals surface area contributed by atoms with Crippen LogP contribution in [-0.2, 0) is 0 Å². The molecule has 6 heteroatoms. The molecule has 0 aromatic heterocycles. The van der Waals surface area contributed by atoms with E-state index in [1.807, 2.05) is 6.92 Å². The average Bonchev–Trinajstić information content (AvgIpc) is 2.96. The molecule has 1 aromatic rings. The lowest BCUT2D eigenvalue weighted by atomic mass is 10.0. The molecule has 0 aliphatic carbocycles. The molecule has 3 rings (SSSR count). The summed E-state index contributed by atoms with van der Waals surface area (Å²) < 4.78 is 13.7. The summed E-state index contributed by atoms with van der Waals surface area (Å²) in [5, 5.41) is 12.4. The van der Waals surface area contributed by atoms with E-state index in [1.165, 1.54) is 18.6 Å². The fraction of sp³-hybridized carbons (Fsp3) is 0.611. The molecular weight excluding hydrogens is 309 g/mol. The van der Waals surface area contributed by atoms with Crippen LogP contribution in [0.5, 0.6) is 0 Å².